The number of unbranched alkanes of at least 4 members (excludes halogenated alkanes) is 16. The van der Waals surface area contributed by atoms with Gasteiger partial charge in [0.15, 0.2) is 0 Å². The van der Waals surface area contributed by atoms with Crippen molar-refractivity contribution >= 4 is 5.97 Å². The second kappa shape index (κ2) is 27.4. The Kier molecular flexibility index (Phi) is 28.8. The Balaban J connectivity index is 0. The summed E-state index contributed by atoms with van der Waals surface area (Å²) in [5, 5.41) is 8.33. The molecule has 176 valence electrons. The van der Waals surface area contributed by atoms with Crippen molar-refractivity contribution in [3.05, 3.63) is 0 Å². The Morgan fingerprint density at radius 1 is 0.621 bits per heavy atom. The molecule has 0 aliphatic carbocycles. The zero-order chi connectivity index (χ0) is 22.0. The zero-order valence-electron chi connectivity index (χ0n) is 19.5. The predicted octanol–water partition coefficient (Wildman–Crippen LogP) is 5.73. The Bertz CT molecular complexity index is 299. The molecule has 1 unspecified atom stereocenters. The van der Waals surface area contributed by atoms with Gasteiger partial charge < -0.3 is 22.3 Å². The summed E-state index contributed by atoms with van der Waals surface area (Å²) in [5.41, 5.74) is 15.9. The van der Waals surface area contributed by atoms with Crippen LogP contribution in [0.1, 0.15) is 129 Å². The summed E-state index contributed by atoms with van der Waals surface area (Å²) >= 11 is 0. The molecule has 29 heavy (non-hydrogen) atoms. The summed E-state index contributed by atoms with van der Waals surface area (Å²) < 4.78 is 0. The summed E-state index contributed by atoms with van der Waals surface area (Å²) in [5.74, 6) is -0.933. The SMILES string of the molecule is CCCCCCCCCCCCCCCCCCN.NCCCCC(N)C(=O)O. The highest BCUT2D eigenvalue weighted by atomic mass is 16.4. The largest absolute Gasteiger partial charge is 0.480 e. The van der Waals surface area contributed by atoms with Gasteiger partial charge in [-0.05, 0) is 32.4 Å². The Labute approximate surface area is 181 Å². The van der Waals surface area contributed by atoms with Gasteiger partial charge >= 0.3 is 5.97 Å². The average molecular weight is 416 g/mol. The van der Waals surface area contributed by atoms with E-state index >= 15 is 0 Å². The highest BCUT2D eigenvalue weighted by molar-refractivity contribution is 5.72. The number of carboxylic acid groups (broad SMARTS) is 1. The van der Waals surface area contributed by atoms with E-state index in [1.165, 1.54) is 103 Å². The zero-order valence-corrected chi connectivity index (χ0v) is 19.5. The quantitative estimate of drug-likeness (QED) is 0.179. The third-order valence-corrected chi connectivity index (χ3v) is 5.34. The first-order valence-corrected chi connectivity index (χ1v) is 12.5. The fourth-order valence-corrected chi connectivity index (χ4v) is 3.32. The Hall–Kier alpha value is -0.650. The third-order valence-electron chi connectivity index (χ3n) is 5.34. The number of hydrogen-bond donors (Lipinski definition) is 4. The molecule has 0 amide bonds. The molecule has 0 saturated heterocycles. The lowest BCUT2D eigenvalue weighted by atomic mass is 10.0. The molecule has 5 heteroatoms. The minimum atomic E-state index is -0.933. The van der Waals surface area contributed by atoms with Crippen molar-refractivity contribution in [3.8, 4) is 0 Å². The molecule has 0 bridgehead atoms. The average Bonchev–Trinajstić information content (AvgIpc) is 2.71. The molecular formula is C24H53N3O2. The normalized spacial score (nSPS) is 11.7. The van der Waals surface area contributed by atoms with Crippen LogP contribution >= 0.6 is 0 Å². The molecule has 0 aliphatic rings. The van der Waals surface area contributed by atoms with E-state index in [2.05, 4.69) is 6.92 Å². The van der Waals surface area contributed by atoms with Gasteiger partial charge in [0.1, 0.15) is 6.04 Å². The van der Waals surface area contributed by atoms with Crippen LogP contribution in [0.2, 0.25) is 0 Å². The maximum absolute atomic E-state index is 10.1. The summed E-state index contributed by atoms with van der Waals surface area (Å²) in [6.45, 7) is 3.77. The van der Waals surface area contributed by atoms with Crippen LogP contribution in [0, 0.1) is 0 Å². The molecule has 0 aromatic rings. The minimum absolute atomic E-state index is 0.520. The summed E-state index contributed by atoms with van der Waals surface area (Å²) in [7, 11) is 0. The van der Waals surface area contributed by atoms with E-state index in [0.29, 0.717) is 13.0 Å². The van der Waals surface area contributed by atoms with Gasteiger partial charge in [-0.2, -0.15) is 0 Å². The third kappa shape index (κ3) is 29.6. The van der Waals surface area contributed by atoms with Crippen LogP contribution in [0.3, 0.4) is 0 Å². The van der Waals surface area contributed by atoms with E-state index in [1.54, 1.807) is 0 Å². The van der Waals surface area contributed by atoms with Crippen LogP contribution < -0.4 is 17.2 Å². The van der Waals surface area contributed by atoms with Gasteiger partial charge in [0, 0.05) is 0 Å². The van der Waals surface area contributed by atoms with Crippen LogP contribution in [0.5, 0.6) is 0 Å². The number of carboxylic acids is 1. The molecule has 0 fully saturated rings. The number of hydrogen-bond acceptors (Lipinski definition) is 4. The van der Waals surface area contributed by atoms with Crippen molar-refractivity contribution < 1.29 is 9.90 Å². The van der Waals surface area contributed by atoms with Gasteiger partial charge in [-0.25, -0.2) is 0 Å². The molecule has 5 nitrogen and oxygen atoms in total. The highest BCUT2D eigenvalue weighted by Crippen LogP contribution is 2.13. The second-order valence-electron chi connectivity index (χ2n) is 8.32. The summed E-state index contributed by atoms with van der Waals surface area (Å²) in [4.78, 5) is 10.1. The fourth-order valence-electron chi connectivity index (χ4n) is 3.32. The number of rotatable bonds is 21. The Morgan fingerprint density at radius 2 is 0.931 bits per heavy atom. The topological polar surface area (TPSA) is 115 Å². The Morgan fingerprint density at radius 3 is 1.24 bits per heavy atom. The molecule has 0 aromatic heterocycles. The number of aliphatic carboxylic acids is 1. The highest BCUT2D eigenvalue weighted by Gasteiger charge is 2.09. The van der Waals surface area contributed by atoms with E-state index in [9.17, 15) is 4.79 Å². The molecule has 0 radical (unpaired) electrons. The summed E-state index contributed by atoms with van der Waals surface area (Å²) in [6.07, 6.45) is 25.0. The fraction of sp³-hybridized carbons (Fsp3) is 0.958. The molecule has 0 spiro atoms. The van der Waals surface area contributed by atoms with Crippen LogP contribution in [-0.4, -0.2) is 30.2 Å². The lowest BCUT2D eigenvalue weighted by Gasteiger charge is -2.03. The van der Waals surface area contributed by atoms with Crippen LogP contribution in [0.25, 0.3) is 0 Å². The van der Waals surface area contributed by atoms with Crippen molar-refractivity contribution in [2.45, 2.75) is 135 Å². The standard InChI is InChI=1S/C18H39N.C6H14N2O2/c1-2-3-4-5-6-7-8-9-10-11-12-13-14-15-16-17-18-19;7-4-2-1-3-5(8)6(9)10/h2-19H2,1H3;5H,1-4,7-8H2,(H,9,10). The van der Waals surface area contributed by atoms with Gasteiger partial charge in [0.25, 0.3) is 0 Å². The van der Waals surface area contributed by atoms with Crippen LogP contribution in [0.15, 0.2) is 0 Å². The molecule has 0 aromatic carbocycles. The molecule has 0 heterocycles. The second-order valence-corrected chi connectivity index (χ2v) is 8.32. The lowest BCUT2D eigenvalue weighted by molar-refractivity contribution is -0.138. The molecule has 0 saturated carbocycles. The summed E-state index contributed by atoms with van der Waals surface area (Å²) in [6, 6.07) is -0.716. The first-order valence-electron chi connectivity index (χ1n) is 12.5. The number of nitrogens with two attached hydrogens (primary N) is 3. The van der Waals surface area contributed by atoms with Gasteiger partial charge in [-0.1, -0.05) is 110 Å². The van der Waals surface area contributed by atoms with Crippen molar-refractivity contribution in [3.63, 3.8) is 0 Å². The lowest BCUT2D eigenvalue weighted by Crippen LogP contribution is -2.29. The smallest absolute Gasteiger partial charge is 0.320 e. The maximum Gasteiger partial charge on any atom is 0.320 e. The first-order chi connectivity index (χ1) is 14.1. The molecule has 0 aliphatic heterocycles. The molecular weight excluding hydrogens is 362 g/mol. The van der Waals surface area contributed by atoms with E-state index in [1.807, 2.05) is 0 Å². The van der Waals surface area contributed by atoms with Gasteiger partial charge in [0.05, 0.1) is 0 Å². The van der Waals surface area contributed by atoms with E-state index in [0.717, 1.165) is 19.4 Å². The van der Waals surface area contributed by atoms with E-state index in [4.69, 9.17) is 22.3 Å². The van der Waals surface area contributed by atoms with Gasteiger partial charge in [-0.15, -0.1) is 0 Å². The molecule has 7 N–H and O–H groups in total. The van der Waals surface area contributed by atoms with Crippen molar-refractivity contribution in [1.29, 1.82) is 0 Å². The van der Waals surface area contributed by atoms with Crippen LogP contribution in [-0.2, 0) is 4.79 Å². The maximum atomic E-state index is 10.1. The van der Waals surface area contributed by atoms with E-state index in [-0.39, 0.29) is 0 Å². The van der Waals surface area contributed by atoms with Crippen molar-refractivity contribution in [2.24, 2.45) is 17.2 Å². The van der Waals surface area contributed by atoms with Gasteiger partial charge in [0.2, 0.25) is 0 Å². The minimum Gasteiger partial charge on any atom is -0.480 e. The number of carbonyl (C=O) groups is 1. The monoisotopic (exact) mass is 415 g/mol. The van der Waals surface area contributed by atoms with Crippen molar-refractivity contribution in [1.82, 2.24) is 0 Å². The predicted molar refractivity (Wildman–Crippen MR) is 127 cm³/mol. The molecule has 1 atom stereocenters. The van der Waals surface area contributed by atoms with Gasteiger partial charge in [-0.3, -0.25) is 4.79 Å². The van der Waals surface area contributed by atoms with Crippen LogP contribution in [0.4, 0.5) is 0 Å². The molecule has 0 rings (SSSR count). The first kappa shape index (κ1) is 30.5. The van der Waals surface area contributed by atoms with Crippen molar-refractivity contribution in [2.75, 3.05) is 13.1 Å². The van der Waals surface area contributed by atoms with E-state index < -0.39 is 12.0 Å².